The van der Waals surface area contributed by atoms with Gasteiger partial charge in [-0.1, -0.05) is 18.2 Å². The molecular formula is C16H15FN6. The van der Waals surface area contributed by atoms with E-state index in [2.05, 4.69) is 25.6 Å². The second-order valence-electron chi connectivity index (χ2n) is 4.99. The van der Waals surface area contributed by atoms with Crippen LogP contribution < -0.4 is 5.43 Å². The van der Waals surface area contributed by atoms with Crippen molar-refractivity contribution in [3.05, 3.63) is 65.5 Å². The Morgan fingerprint density at radius 1 is 1.17 bits per heavy atom. The van der Waals surface area contributed by atoms with Gasteiger partial charge >= 0.3 is 0 Å². The average molecular weight is 310 g/mol. The van der Waals surface area contributed by atoms with Crippen molar-refractivity contribution in [3.63, 3.8) is 0 Å². The Kier molecular flexibility index (Phi) is 4.09. The van der Waals surface area contributed by atoms with E-state index in [0.717, 1.165) is 11.4 Å². The fourth-order valence-corrected chi connectivity index (χ4v) is 2.13. The highest BCUT2D eigenvalue weighted by atomic mass is 19.1. The first-order chi connectivity index (χ1) is 11.1. The largest absolute Gasteiger partial charge is 0.261 e. The molecule has 2 heterocycles. The number of nitrogens with one attached hydrogen (secondary N) is 1. The van der Waals surface area contributed by atoms with Gasteiger partial charge < -0.3 is 0 Å². The highest BCUT2D eigenvalue weighted by Gasteiger charge is 2.06. The van der Waals surface area contributed by atoms with Gasteiger partial charge in [-0.3, -0.25) is 5.43 Å². The number of benzene rings is 1. The highest BCUT2D eigenvalue weighted by Crippen LogP contribution is 2.12. The molecule has 0 radical (unpaired) electrons. The Morgan fingerprint density at radius 2 is 2.00 bits per heavy atom. The number of hydrogen-bond donors (Lipinski definition) is 1. The van der Waals surface area contributed by atoms with Crippen molar-refractivity contribution >= 4 is 12.0 Å². The number of aromatic nitrogens is 4. The predicted octanol–water partition coefficient (Wildman–Crippen LogP) is 2.86. The lowest BCUT2D eigenvalue weighted by molar-refractivity contribution is 0.626. The number of hydrogen-bond acceptors (Lipinski definition) is 5. The molecule has 7 heteroatoms. The van der Waals surface area contributed by atoms with Crippen LogP contribution in [0.15, 0.2) is 47.8 Å². The maximum Gasteiger partial charge on any atom is 0.159 e. The molecule has 2 aromatic heterocycles. The molecule has 0 amide bonds. The monoisotopic (exact) mass is 310 g/mol. The lowest BCUT2D eigenvalue weighted by atomic mass is 10.2. The molecule has 0 aliphatic rings. The summed E-state index contributed by atoms with van der Waals surface area (Å²) in [4.78, 5) is 8.29. The number of anilines is 1. The molecule has 3 rings (SSSR count). The van der Waals surface area contributed by atoms with Crippen LogP contribution in [-0.2, 0) is 0 Å². The van der Waals surface area contributed by atoms with E-state index in [9.17, 15) is 4.39 Å². The Morgan fingerprint density at radius 3 is 2.74 bits per heavy atom. The Hall–Kier alpha value is -3.09. The number of rotatable bonds is 4. The zero-order valence-corrected chi connectivity index (χ0v) is 12.7. The quantitative estimate of drug-likeness (QED) is 0.594. The van der Waals surface area contributed by atoms with Crippen LogP contribution in [0.3, 0.4) is 0 Å². The third-order valence-corrected chi connectivity index (χ3v) is 3.17. The van der Waals surface area contributed by atoms with Gasteiger partial charge in [0, 0.05) is 17.3 Å². The van der Waals surface area contributed by atoms with Crippen LogP contribution >= 0.6 is 0 Å². The van der Waals surface area contributed by atoms with Gasteiger partial charge in [0.2, 0.25) is 0 Å². The summed E-state index contributed by atoms with van der Waals surface area (Å²) in [6.45, 7) is 3.87. The van der Waals surface area contributed by atoms with Crippen molar-refractivity contribution in [3.8, 4) is 5.82 Å². The number of hydrazone groups is 1. The molecular weight excluding hydrogens is 295 g/mol. The summed E-state index contributed by atoms with van der Waals surface area (Å²) >= 11 is 0. The zero-order valence-electron chi connectivity index (χ0n) is 12.7. The summed E-state index contributed by atoms with van der Waals surface area (Å²) in [6, 6.07) is 10.1. The lowest BCUT2D eigenvalue weighted by Gasteiger charge is -2.05. The van der Waals surface area contributed by atoms with Gasteiger partial charge in [-0.25, -0.2) is 19.0 Å². The maximum atomic E-state index is 13.5. The van der Waals surface area contributed by atoms with E-state index in [1.54, 1.807) is 28.9 Å². The second-order valence-corrected chi connectivity index (χ2v) is 4.99. The van der Waals surface area contributed by atoms with Crippen LogP contribution in [0, 0.1) is 19.7 Å². The Bertz CT molecular complexity index is 855. The van der Waals surface area contributed by atoms with E-state index in [4.69, 9.17) is 0 Å². The third kappa shape index (κ3) is 3.39. The Balaban J connectivity index is 1.78. The SMILES string of the molecule is Cc1cc(C)n(-c2cc(NN=Cc3ccccc3F)ncn2)n1. The maximum absolute atomic E-state index is 13.5. The van der Waals surface area contributed by atoms with E-state index in [0.29, 0.717) is 17.2 Å². The molecule has 0 saturated heterocycles. The molecule has 3 aromatic rings. The molecule has 0 atom stereocenters. The summed E-state index contributed by atoms with van der Waals surface area (Å²) in [5.74, 6) is 0.799. The minimum atomic E-state index is -0.330. The smallest absolute Gasteiger partial charge is 0.159 e. The fourth-order valence-electron chi connectivity index (χ4n) is 2.13. The van der Waals surface area contributed by atoms with E-state index in [1.807, 2.05) is 19.9 Å². The van der Waals surface area contributed by atoms with Crippen LogP contribution in [-0.4, -0.2) is 26.0 Å². The van der Waals surface area contributed by atoms with Crippen LogP contribution in [0.2, 0.25) is 0 Å². The van der Waals surface area contributed by atoms with E-state index in [-0.39, 0.29) is 5.82 Å². The minimum absolute atomic E-state index is 0.330. The summed E-state index contributed by atoms with van der Waals surface area (Å²) < 4.78 is 15.2. The van der Waals surface area contributed by atoms with Crippen LogP contribution in [0.1, 0.15) is 17.0 Å². The van der Waals surface area contributed by atoms with Gasteiger partial charge in [-0.15, -0.1) is 0 Å². The topological polar surface area (TPSA) is 68.0 Å². The van der Waals surface area contributed by atoms with E-state index >= 15 is 0 Å². The molecule has 0 spiro atoms. The second kappa shape index (κ2) is 6.35. The van der Waals surface area contributed by atoms with Crippen molar-refractivity contribution in [1.29, 1.82) is 0 Å². The molecule has 6 nitrogen and oxygen atoms in total. The van der Waals surface area contributed by atoms with Crippen LogP contribution in [0.4, 0.5) is 10.2 Å². The summed E-state index contributed by atoms with van der Waals surface area (Å²) in [5.41, 5.74) is 5.05. The first-order valence-electron chi connectivity index (χ1n) is 7.03. The van der Waals surface area contributed by atoms with Gasteiger partial charge in [-0.05, 0) is 26.0 Å². The molecule has 1 N–H and O–H groups in total. The van der Waals surface area contributed by atoms with Crippen molar-refractivity contribution in [1.82, 2.24) is 19.7 Å². The van der Waals surface area contributed by atoms with Crippen molar-refractivity contribution in [2.24, 2.45) is 5.10 Å². The van der Waals surface area contributed by atoms with E-state index < -0.39 is 0 Å². The number of halogens is 1. The van der Waals surface area contributed by atoms with Gasteiger partial charge in [-0.2, -0.15) is 10.2 Å². The summed E-state index contributed by atoms with van der Waals surface area (Å²) in [5, 5.41) is 8.37. The molecule has 0 saturated carbocycles. The van der Waals surface area contributed by atoms with Crippen molar-refractivity contribution < 1.29 is 4.39 Å². The molecule has 23 heavy (non-hydrogen) atoms. The lowest BCUT2D eigenvalue weighted by Crippen LogP contribution is -2.04. The van der Waals surface area contributed by atoms with E-state index in [1.165, 1.54) is 18.6 Å². The first-order valence-corrected chi connectivity index (χ1v) is 7.03. The van der Waals surface area contributed by atoms with Gasteiger partial charge in [0.1, 0.15) is 12.1 Å². The summed E-state index contributed by atoms with van der Waals surface area (Å²) in [6.07, 6.45) is 2.83. The highest BCUT2D eigenvalue weighted by molar-refractivity contribution is 5.80. The molecule has 0 bridgehead atoms. The molecule has 0 unspecified atom stereocenters. The predicted molar refractivity (Wildman–Crippen MR) is 86.2 cm³/mol. The van der Waals surface area contributed by atoms with Gasteiger partial charge in [0.05, 0.1) is 11.9 Å². The summed E-state index contributed by atoms with van der Waals surface area (Å²) in [7, 11) is 0. The standard InChI is InChI=1S/C16H15FN6/c1-11-7-12(2)23(22-11)16-8-15(18-10-19-16)21-20-9-13-5-3-4-6-14(13)17/h3-10H,1-2H3,(H,18,19,21). The average Bonchev–Trinajstić information content (AvgIpc) is 2.88. The van der Waals surface area contributed by atoms with Gasteiger partial charge in [0.25, 0.3) is 0 Å². The zero-order chi connectivity index (χ0) is 16.2. The molecule has 0 fully saturated rings. The third-order valence-electron chi connectivity index (χ3n) is 3.17. The normalized spacial score (nSPS) is 11.1. The number of nitrogens with zero attached hydrogens (tertiary/aromatic N) is 5. The van der Waals surface area contributed by atoms with Crippen molar-refractivity contribution in [2.45, 2.75) is 13.8 Å². The fraction of sp³-hybridized carbons (Fsp3) is 0.125. The van der Waals surface area contributed by atoms with Crippen LogP contribution in [0.5, 0.6) is 0 Å². The molecule has 1 aromatic carbocycles. The molecule has 0 aliphatic carbocycles. The Labute approximate surface area is 132 Å². The molecule has 116 valence electrons. The van der Waals surface area contributed by atoms with Crippen molar-refractivity contribution in [2.75, 3.05) is 5.43 Å². The number of aryl methyl sites for hydroxylation is 2. The molecule has 0 aliphatic heterocycles. The van der Waals surface area contributed by atoms with Gasteiger partial charge in [0.15, 0.2) is 11.6 Å². The first kappa shape index (κ1) is 14.8. The van der Waals surface area contributed by atoms with Crippen LogP contribution in [0.25, 0.3) is 5.82 Å². The minimum Gasteiger partial charge on any atom is -0.261 e.